The van der Waals surface area contributed by atoms with E-state index in [9.17, 15) is 0 Å². The quantitative estimate of drug-likeness (QED) is 0.161. The summed E-state index contributed by atoms with van der Waals surface area (Å²) in [6.07, 6.45) is 4.62. The van der Waals surface area contributed by atoms with Gasteiger partial charge in [-0.15, -0.1) is 35.3 Å². The Balaban J connectivity index is 0.00000341. The number of hydrogen-bond donors (Lipinski definition) is 2. The normalized spacial score (nSPS) is 13.7. The first-order valence-electron chi connectivity index (χ1n) is 10.9. The second kappa shape index (κ2) is 13.9. The second-order valence-electron chi connectivity index (χ2n) is 7.95. The lowest BCUT2D eigenvalue weighted by Gasteiger charge is -2.14. The molecule has 1 aromatic carbocycles. The van der Waals surface area contributed by atoms with E-state index in [-0.39, 0.29) is 30.1 Å². The van der Waals surface area contributed by atoms with Gasteiger partial charge in [0.2, 0.25) is 0 Å². The molecule has 31 heavy (non-hydrogen) atoms. The standard InChI is InChI=1S/C23H34N4O2S.HI/c1-17(2)29-22-9-7-20(8-10-22)27-23(24-12-4-14-28-15-19-5-6-19)25-13-11-21-16-30-18(3)26-21;/h7-10,16-17,19H,4-6,11-15H2,1-3H3,(H2,24,25,27);1H. The Hall–Kier alpha value is -1.39. The minimum Gasteiger partial charge on any atom is -0.491 e. The molecular formula is C23H35IN4O2S. The number of aliphatic imine (C=N–C) groups is 1. The lowest BCUT2D eigenvalue weighted by molar-refractivity contribution is 0.123. The maximum atomic E-state index is 5.72. The molecule has 1 heterocycles. The number of rotatable bonds is 12. The van der Waals surface area contributed by atoms with Crippen molar-refractivity contribution in [3.8, 4) is 5.75 Å². The number of guanidine groups is 1. The van der Waals surface area contributed by atoms with E-state index in [0.717, 1.165) is 73.2 Å². The summed E-state index contributed by atoms with van der Waals surface area (Å²) in [7, 11) is 0. The molecule has 0 radical (unpaired) electrons. The summed E-state index contributed by atoms with van der Waals surface area (Å²) in [6, 6.07) is 7.97. The van der Waals surface area contributed by atoms with Crippen LogP contribution in [0.4, 0.5) is 5.69 Å². The van der Waals surface area contributed by atoms with Crippen molar-refractivity contribution in [1.82, 2.24) is 10.3 Å². The van der Waals surface area contributed by atoms with Crippen LogP contribution in [-0.2, 0) is 11.2 Å². The molecule has 0 aliphatic heterocycles. The molecule has 1 aliphatic rings. The van der Waals surface area contributed by atoms with E-state index in [0.29, 0.717) is 0 Å². The minimum atomic E-state index is 0. The molecule has 2 N–H and O–H groups in total. The Bertz CT molecular complexity index is 791. The molecule has 1 aliphatic carbocycles. The monoisotopic (exact) mass is 558 g/mol. The van der Waals surface area contributed by atoms with E-state index in [2.05, 4.69) is 21.0 Å². The molecule has 1 aromatic heterocycles. The molecule has 1 saturated carbocycles. The zero-order valence-electron chi connectivity index (χ0n) is 18.7. The van der Waals surface area contributed by atoms with Gasteiger partial charge in [-0.05, 0) is 70.2 Å². The Labute approximate surface area is 207 Å². The highest BCUT2D eigenvalue weighted by Gasteiger charge is 2.20. The number of anilines is 1. The van der Waals surface area contributed by atoms with Crippen molar-refractivity contribution in [3.63, 3.8) is 0 Å². The fourth-order valence-electron chi connectivity index (χ4n) is 2.89. The maximum absolute atomic E-state index is 5.72. The highest BCUT2D eigenvalue weighted by molar-refractivity contribution is 14.0. The third kappa shape index (κ3) is 10.7. The predicted octanol–water partition coefficient (Wildman–Crippen LogP) is 5.27. The Kier molecular flexibility index (Phi) is 11.6. The van der Waals surface area contributed by atoms with Gasteiger partial charge < -0.3 is 20.1 Å². The van der Waals surface area contributed by atoms with Crippen molar-refractivity contribution in [2.24, 2.45) is 10.9 Å². The number of aromatic nitrogens is 1. The first-order valence-corrected chi connectivity index (χ1v) is 11.8. The molecule has 172 valence electrons. The topological polar surface area (TPSA) is 67.8 Å². The zero-order valence-corrected chi connectivity index (χ0v) is 21.9. The summed E-state index contributed by atoms with van der Waals surface area (Å²) < 4.78 is 11.4. The second-order valence-corrected chi connectivity index (χ2v) is 9.02. The summed E-state index contributed by atoms with van der Waals surface area (Å²) in [5.74, 6) is 2.46. The third-order valence-corrected chi connectivity index (χ3v) is 5.42. The highest BCUT2D eigenvalue weighted by atomic mass is 127. The van der Waals surface area contributed by atoms with Crippen molar-refractivity contribution >= 4 is 47.0 Å². The largest absolute Gasteiger partial charge is 0.491 e. The van der Waals surface area contributed by atoms with E-state index in [1.54, 1.807) is 11.3 Å². The number of thiazole rings is 1. The van der Waals surface area contributed by atoms with Crippen LogP contribution in [0.1, 0.15) is 43.8 Å². The molecule has 0 bridgehead atoms. The van der Waals surface area contributed by atoms with Crippen LogP contribution in [0.25, 0.3) is 0 Å². The molecule has 6 nitrogen and oxygen atoms in total. The SMILES string of the molecule is Cc1nc(CCNC(=NCCCOCC2CC2)Nc2ccc(OC(C)C)cc2)cs1.I. The minimum absolute atomic E-state index is 0. The fraction of sp³-hybridized carbons (Fsp3) is 0.565. The third-order valence-electron chi connectivity index (χ3n) is 4.60. The molecule has 8 heteroatoms. The van der Waals surface area contributed by atoms with E-state index in [4.69, 9.17) is 14.5 Å². The molecule has 0 atom stereocenters. The highest BCUT2D eigenvalue weighted by Crippen LogP contribution is 2.28. The maximum Gasteiger partial charge on any atom is 0.195 e. The average molecular weight is 559 g/mol. The van der Waals surface area contributed by atoms with Gasteiger partial charge in [0.15, 0.2) is 5.96 Å². The van der Waals surface area contributed by atoms with Crippen LogP contribution in [0.5, 0.6) is 5.75 Å². The van der Waals surface area contributed by atoms with Gasteiger partial charge in [0.05, 0.1) is 16.8 Å². The van der Waals surface area contributed by atoms with Gasteiger partial charge in [0.25, 0.3) is 0 Å². The van der Waals surface area contributed by atoms with Crippen molar-refractivity contribution in [1.29, 1.82) is 0 Å². The van der Waals surface area contributed by atoms with Gasteiger partial charge in [-0.25, -0.2) is 4.98 Å². The molecule has 0 saturated heterocycles. The van der Waals surface area contributed by atoms with Gasteiger partial charge in [-0.2, -0.15) is 0 Å². The van der Waals surface area contributed by atoms with Gasteiger partial charge in [-0.1, -0.05) is 0 Å². The predicted molar refractivity (Wildman–Crippen MR) is 140 cm³/mol. The lowest BCUT2D eigenvalue weighted by atomic mass is 10.3. The molecule has 0 amide bonds. The fourth-order valence-corrected chi connectivity index (χ4v) is 3.54. The lowest BCUT2D eigenvalue weighted by Crippen LogP contribution is -2.32. The van der Waals surface area contributed by atoms with Crippen molar-refractivity contribution in [2.75, 3.05) is 31.6 Å². The first-order chi connectivity index (χ1) is 14.6. The van der Waals surface area contributed by atoms with Gasteiger partial charge in [0.1, 0.15) is 5.75 Å². The average Bonchev–Trinajstić information content (AvgIpc) is 3.45. The molecule has 1 fully saturated rings. The smallest absolute Gasteiger partial charge is 0.195 e. The number of benzene rings is 1. The van der Waals surface area contributed by atoms with Crippen LogP contribution in [0, 0.1) is 12.8 Å². The first kappa shape index (κ1) is 25.9. The molecule has 0 unspecified atom stereocenters. The van der Waals surface area contributed by atoms with Crippen LogP contribution >= 0.6 is 35.3 Å². The van der Waals surface area contributed by atoms with E-state index >= 15 is 0 Å². The molecule has 0 spiro atoms. The number of aryl methyl sites for hydroxylation is 1. The van der Waals surface area contributed by atoms with Crippen LogP contribution in [0.15, 0.2) is 34.6 Å². The van der Waals surface area contributed by atoms with E-state index in [1.807, 2.05) is 45.0 Å². The van der Waals surface area contributed by atoms with E-state index < -0.39 is 0 Å². The van der Waals surface area contributed by atoms with E-state index in [1.165, 1.54) is 12.8 Å². The molecule has 3 rings (SSSR count). The van der Waals surface area contributed by atoms with Gasteiger partial charge in [-0.3, -0.25) is 4.99 Å². The summed E-state index contributed by atoms with van der Waals surface area (Å²) >= 11 is 1.69. The summed E-state index contributed by atoms with van der Waals surface area (Å²) in [5, 5.41) is 10.0. The van der Waals surface area contributed by atoms with Crippen molar-refractivity contribution < 1.29 is 9.47 Å². The van der Waals surface area contributed by atoms with Crippen molar-refractivity contribution in [3.05, 3.63) is 40.3 Å². The molecular weight excluding hydrogens is 523 g/mol. The number of nitrogens with one attached hydrogen (secondary N) is 2. The van der Waals surface area contributed by atoms with Crippen molar-refractivity contribution in [2.45, 2.75) is 52.6 Å². The Morgan fingerprint density at radius 1 is 1.26 bits per heavy atom. The summed E-state index contributed by atoms with van der Waals surface area (Å²) in [6.45, 7) is 9.27. The van der Waals surface area contributed by atoms with Crippen LogP contribution in [0.3, 0.4) is 0 Å². The zero-order chi connectivity index (χ0) is 21.2. The Morgan fingerprint density at radius 3 is 2.68 bits per heavy atom. The van der Waals surface area contributed by atoms with Crippen LogP contribution in [-0.4, -0.2) is 43.4 Å². The molecule has 2 aromatic rings. The number of halogens is 1. The summed E-state index contributed by atoms with van der Waals surface area (Å²) in [5.41, 5.74) is 2.10. The summed E-state index contributed by atoms with van der Waals surface area (Å²) in [4.78, 5) is 9.25. The number of nitrogens with zero attached hydrogens (tertiary/aromatic N) is 2. The van der Waals surface area contributed by atoms with Crippen LogP contribution in [0.2, 0.25) is 0 Å². The number of hydrogen-bond acceptors (Lipinski definition) is 5. The Morgan fingerprint density at radius 2 is 2.03 bits per heavy atom. The van der Waals surface area contributed by atoms with Gasteiger partial charge in [0, 0.05) is 43.8 Å². The van der Waals surface area contributed by atoms with Gasteiger partial charge >= 0.3 is 0 Å². The number of ether oxygens (including phenoxy) is 2. The van der Waals surface area contributed by atoms with Crippen LogP contribution < -0.4 is 15.4 Å².